The fourth-order valence-corrected chi connectivity index (χ4v) is 1.56. The van der Waals surface area contributed by atoms with E-state index in [1.807, 2.05) is 22.6 Å². The first-order chi connectivity index (χ1) is 7.60. The van der Waals surface area contributed by atoms with E-state index in [0.717, 1.165) is 0 Å². The number of nitro groups is 1. The standard InChI is InChI=1S/C9H9IN2O4/c1-16-9(13)6-2-3-8(12(14)15)7(4-6)11-5-10/h2-4,11H,5H2,1H3. The predicted molar refractivity (Wildman–Crippen MR) is 66.9 cm³/mol. The molecule has 0 amide bonds. The SMILES string of the molecule is COC(=O)c1ccc([N+](=O)[O-])c(NCI)c1. The topological polar surface area (TPSA) is 81.5 Å². The molecule has 0 radical (unpaired) electrons. The van der Waals surface area contributed by atoms with Crippen LogP contribution in [0.25, 0.3) is 0 Å². The smallest absolute Gasteiger partial charge is 0.337 e. The molecule has 1 aromatic rings. The average Bonchev–Trinajstić information content (AvgIpc) is 2.28. The molecule has 0 aliphatic carbocycles. The number of hydrogen-bond donors (Lipinski definition) is 1. The van der Waals surface area contributed by atoms with Crippen LogP contribution in [-0.4, -0.2) is 22.6 Å². The molecular formula is C9H9IN2O4. The molecule has 1 aromatic carbocycles. The lowest BCUT2D eigenvalue weighted by molar-refractivity contribution is -0.383. The number of nitrogens with one attached hydrogen (secondary N) is 1. The van der Waals surface area contributed by atoms with Crippen molar-refractivity contribution in [3.8, 4) is 0 Å². The molecule has 0 heterocycles. The fraction of sp³-hybridized carbons (Fsp3) is 0.222. The van der Waals surface area contributed by atoms with Crippen molar-refractivity contribution in [2.75, 3.05) is 17.0 Å². The summed E-state index contributed by atoms with van der Waals surface area (Å²) in [5, 5.41) is 13.5. The van der Waals surface area contributed by atoms with Crippen molar-refractivity contribution in [3.05, 3.63) is 33.9 Å². The monoisotopic (exact) mass is 336 g/mol. The lowest BCUT2D eigenvalue weighted by atomic mass is 10.1. The summed E-state index contributed by atoms with van der Waals surface area (Å²) in [5.74, 6) is -0.522. The zero-order valence-electron chi connectivity index (χ0n) is 8.40. The highest BCUT2D eigenvalue weighted by Crippen LogP contribution is 2.25. The maximum atomic E-state index is 11.2. The highest BCUT2D eigenvalue weighted by molar-refractivity contribution is 14.1. The summed E-state index contributed by atoms with van der Waals surface area (Å²) in [5.41, 5.74) is 0.520. The van der Waals surface area contributed by atoms with Gasteiger partial charge in [0.05, 0.1) is 22.1 Å². The second-order valence-corrected chi connectivity index (χ2v) is 3.55. The van der Waals surface area contributed by atoms with Gasteiger partial charge in [-0.1, -0.05) is 22.6 Å². The lowest BCUT2D eigenvalue weighted by Gasteiger charge is -2.05. The summed E-state index contributed by atoms with van der Waals surface area (Å²) < 4.78 is 5.03. The van der Waals surface area contributed by atoms with E-state index in [9.17, 15) is 14.9 Å². The zero-order chi connectivity index (χ0) is 12.1. The van der Waals surface area contributed by atoms with E-state index in [1.54, 1.807) is 0 Å². The number of ether oxygens (including phenoxy) is 1. The Morgan fingerprint density at radius 3 is 2.81 bits per heavy atom. The molecule has 0 spiro atoms. The van der Waals surface area contributed by atoms with Gasteiger partial charge in [0.2, 0.25) is 0 Å². The van der Waals surface area contributed by atoms with Crippen LogP contribution in [0.3, 0.4) is 0 Å². The first-order valence-electron chi connectivity index (χ1n) is 4.26. The van der Waals surface area contributed by atoms with Gasteiger partial charge in [0, 0.05) is 6.07 Å². The number of rotatable bonds is 4. The molecule has 0 saturated heterocycles. The quantitative estimate of drug-likeness (QED) is 0.228. The van der Waals surface area contributed by atoms with Crippen LogP contribution in [0.1, 0.15) is 10.4 Å². The number of halogens is 1. The molecule has 1 rings (SSSR count). The predicted octanol–water partition coefficient (Wildman–Crippen LogP) is 2.19. The Morgan fingerprint density at radius 2 is 2.31 bits per heavy atom. The Labute approximate surface area is 105 Å². The van der Waals surface area contributed by atoms with Gasteiger partial charge in [-0.3, -0.25) is 10.1 Å². The first kappa shape index (κ1) is 12.7. The largest absolute Gasteiger partial charge is 0.465 e. The Morgan fingerprint density at radius 1 is 1.62 bits per heavy atom. The molecule has 0 aliphatic heterocycles. The number of carbonyl (C=O) groups excluding carboxylic acids is 1. The Bertz CT molecular complexity index is 422. The van der Waals surface area contributed by atoms with Gasteiger partial charge in [0.25, 0.3) is 5.69 Å². The molecule has 0 aliphatic rings. The van der Waals surface area contributed by atoms with E-state index < -0.39 is 10.9 Å². The van der Waals surface area contributed by atoms with E-state index in [4.69, 9.17) is 0 Å². The summed E-state index contributed by atoms with van der Waals surface area (Å²) in [4.78, 5) is 21.4. The third kappa shape index (κ3) is 2.81. The molecule has 0 saturated carbocycles. The summed E-state index contributed by atoms with van der Waals surface area (Å²) in [7, 11) is 1.26. The van der Waals surface area contributed by atoms with Crippen LogP contribution in [0, 0.1) is 10.1 Å². The maximum Gasteiger partial charge on any atom is 0.337 e. The van der Waals surface area contributed by atoms with Crippen molar-refractivity contribution in [3.63, 3.8) is 0 Å². The highest BCUT2D eigenvalue weighted by Gasteiger charge is 2.16. The number of carbonyl (C=O) groups is 1. The van der Waals surface area contributed by atoms with Crippen LogP contribution in [0.4, 0.5) is 11.4 Å². The third-order valence-electron chi connectivity index (χ3n) is 1.87. The minimum Gasteiger partial charge on any atom is -0.465 e. The summed E-state index contributed by atoms with van der Waals surface area (Å²) in [6.45, 7) is 0. The van der Waals surface area contributed by atoms with Crippen LogP contribution in [0.15, 0.2) is 18.2 Å². The number of hydrogen-bond acceptors (Lipinski definition) is 5. The number of methoxy groups -OCH3 is 1. The number of anilines is 1. The zero-order valence-corrected chi connectivity index (χ0v) is 10.6. The van der Waals surface area contributed by atoms with Gasteiger partial charge in [-0.15, -0.1) is 0 Å². The Hall–Kier alpha value is -1.38. The van der Waals surface area contributed by atoms with Crippen molar-refractivity contribution in [2.45, 2.75) is 0 Å². The maximum absolute atomic E-state index is 11.2. The lowest BCUT2D eigenvalue weighted by Crippen LogP contribution is -2.05. The second kappa shape index (κ2) is 5.64. The molecule has 0 unspecified atom stereocenters. The fourth-order valence-electron chi connectivity index (χ4n) is 1.15. The van der Waals surface area contributed by atoms with Crippen molar-refractivity contribution >= 4 is 39.9 Å². The van der Waals surface area contributed by atoms with Crippen LogP contribution in [0.5, 0.6) is 0 Å². The molecular weight excluding hydrogens is 327 g/mol. The molecule has 0 bridgehead atoms. The van der Waals surface area contributed by atoms with Crippen molar-refractivity contribution in [1.29, 1.82) is 0 Å². The van der Waals surface area contributed by atoms with Crippen LogP contribution >= 0.6 is 22.6 Å². The number of benzene rings is 1. The van der Waals surface area contributed by atoms with Gasteiger partial charge in [-0.2, -0.15) is 0 Å². The van der Waals surface area contributed by atoms with Crippen molar-refractivity contribution < 1.29 is 14.5 Å². The van der Waals surface area contributed by atoms with Gasteiger partial charge in [0.1, 0.15) is 5.69 Å². The number of esters is 1. The molecule has 1 N–H and O–H groups in total. The highest BCUT2D eigenvalue weighted by atomic mass is 127. The molecule has 7 heteroatoms. The van der Waals surface area contributed by atoms with Gasteiger partial charge < -0.3 is 10.1 Å². The van der Waals surface area contributed by atoms with E-state index in [1.165, 1.54) is 25.3 Å². The van der Waals surface area contributed by atoms with Gasteiger partial charge in [0.15, 0.2) is 0 Å². The molecule has 0 fully saturated rings. The molecule has 0 atom stereocenters. The Balaban J connectivity index is 3.16. The number of nitrogens with zero attached hydrogens (tertiary/aromatic N) is 1. The third-order valence-corrected chi connectivity index (χ3v) is 2.25. The van der Waals surface area contributed by atoms with Crippen molar-refractivity contribution in [1.82, 2.24) is 0 Å². The number of nitro benzene ring substituents is 1. The van der Waals surface area contributed by atoms with Crippen molar-refractivity contribution in [2.24, 2.45) is 0 Å². The molecule has 0 aromatic heterocycles. The van der Waals surface area contributed by atoms with E-state index in [-0.39, 0.29) is 11.3 Å². The van der Waals surface area contributed by atoms with Gasteiger partial charge in [-0.25, -0.2) is 4.79 Å². The van der Waals surface area contributed by atoms with Crippen LogP contribution in [0.2, 0.25) is 0 Å². The Kier molecular flexibility index (Phi) is 4.47. The minimum absolute atomic E-state index is 0.0654. The number of alkyl halides is 1. The summed E-state index contributed by atoms with van der Waals surface area (Å²) in [6.07, 6.45) is 0. The van der Waals surface area contributed by atoms with Crippen LogP contribution in [-0.2, 0) is 4.74 Å². The summed E-state index contributed by atoms with van der Waals surface area (Å²) in [6, 6.07) is 4.05. The first-order valence-corrected chi connectivity index (χ1v) is 5.79. The molecule has 6 nitrogen and oxygen atoms in total. The van der Waals surface area contributed by atoms with E-state index in [0.29, 0.717) is 10.2 Å². The average molecular weight is 336 g/mol. The second-order valence-electron chi connectivity index (χ2n) is 2.79. The summed E-state index contributed by atoms with van der Waals surface area (Å²) >= 11 is 2.02. The normalized spacial score (nSPS) is 9.62. The van der Waals surface area contributed by atoms with E-state index >= 15 is 0 Å². The molecule has 16 heavy (non-hydrogen) atoms. The minimum atomic E-state index is -0.522. The van der Waals surface area contributed by atoms with Crippen LogP contribution < -0.4 is 5.32 Å². The van der Waals surface area contributed by atoms with E-state index in [2.05, 4.69) is 10.1 Å². The molecule has 86 valence electrons. The van der Waals surface area contributed by atoms with Gasteiger partial charge >= 0.3 is 5.97 Å². The van der Waals surface area contributed by atoms with Gasteiger partial charge in [-0.05, 0) is 12.1 Å².